The summed E-state index contributed by atoms with van der Waals surface area (Å²) >= 11 is 1.09. The highest BCUT2D eigenvalue weighted by atomic mass is 32.2. The maximum Gasteiger partial charge on any atom is 0.319 e. The number of methoxy groups -OCH3 is 1. The van der Waals surface area contributed by atoms with Crippen LogP contribution < -0.4 is 5.32 Å². The number of aryl methyl sites for hydroxylation is 1. The first kappa shape index (κ1) is 24.6. The van der Waals surface area contributed by atoms with Gasteiger partial charge in [0, 0.05) is 36.3 Å². The molecule has 2 rings (SSSR count). The average molecular weight is 451 g/mol. The molecule has 1 atom stereocenters. The van der Waals surface area contributed by atoms with Gasteiger partial charge in [0.15, 0.2) is 6.61 Å². The fourth-order valence-electron chi connectivity index (χ4n) is 2.94. The molecule has 0 fully saturated rings. The lowest BCUT2D eigenvalue weighted by molar-refractivity contribution is -0.141. The maximum absolute atomic E-state index is 12.9. The third kappa shape index (κ3) is 7.22. The van der Waals surface area contributed by atoms with E-state index in [0.29, 0.717) is 24.4 Å². The zero-order valence-electron chi connectivity index (χ0n) is 18.1. The van der Waals surface area contributed by atoms with Gasteiger partial charge in [-0.15, -0.1) is 11.8 Å². The Bertz CT molecular complexity index is 927. The summed E-state index contributed by atoms with van der Waals surface area (Å²) in [6.07, 6.45) is 0. The largest absolute Gasteiger partial charge is 0.456 e. The molecule has 0 saturated heterocycles. The van der Waals surface area contributed by atoms with Crippen LogP contribution in [-0.2, 0) is 25.6 Å². The minimum Gasteiger partial charge on any atom is -0.456 e. The van der Waals surface area contributed by atoms with Crippen molar-refractivity contribution in [3.8, 4) is 0 Å². The molecule has 1 amide bonds. The van der Waals surface area contributed by atoms with Gasteiger partial charge in [0.2, 0.25) is 11.7 Å². The minimum atomic E-state index is -0.624. The summed E-state index contributed by atoms with van der Waals surface area (Å²) in [4.78, 5) is 36.7. The van der Waals surface area contributed by atoms with Crippen molar-refractivity contribution in [2.45, 2.75) is 32.6 Å². The van der Waals surface area contributed by atoms with Gasteiger partial charge in [0.25, 0.3) is 0 Å². The number of benzene rings is 1. The Labute approximate surface area is 185 Å². The van der Waals surface area contributed by atoms with Gasteiger partial charge in [-0.25, -0.2) is 4.39 Å². The highest BCUT2D eigenvalue weighted by molar-refractivity contribution is 8.01. The number of nitrogens with zero attached hydrogens (tertiary/aromatic N) is 1. The van der Waals surface area contributed by atoms with Gasteiger partial charge in [-0.1, -0.05) is 0 Å². The molecule has 9 heteroatoms. The molecule has 0 bridgehead atoms. The first-order valence-corrected chi connectivity index (χ1v) is 10.8. The van der Waals surface area contributed by atoms with Crippen molar-refractivity contribution >= 4 is 35.1 Å². The maximum atomic E-state index is 12.9. The van der Waals surface area contributed by atoms with Crippen LogP contribution in [0, 0.1) is 19.7 Å². The number of aromatic nitrogens is 1. The van der Waals surface area contributed by atoms with E-state index < -0.39 is 17.0 Å². The van der Waals surface area contributed by atoms with Crippen molar-refractivity contribution in [3.63, 3.8) is 0 Å². The molecule has 7 nitrogen and oxygen atoms in total. The number of thioether (sulfide) groups is 1. The fourth-order valence-corrected chi connectivity index (χ4v) is 3.62. The third-order valence-corrected chi connectivity index (χ3v) is 5.78. The summed E-state index contributed by atoms with van der Waals surface area (Å²) in [7, 11) is 1.62. The second kappa shape index (κ2) is 11.7. The third-order valence-electron chi connectivity index (χ3n) is 4.66. The first-order chi connectivity index (χ1) is 14.7. The summed E-state index contributed by atoms with van der Waals surface area (Å²) < 4.78 is 25.1. The number of Topliss-reactive ketones (excluding diaryl/α,β-unsaturated/α-hetero) is 1. The van der Waals surface area contributed by atoms with E-state index >= 15 is 0 Å². The number of esters is 1. The van der Waals surface area contributed by atoms with Crippen molar-refractivity contribution in [1.82, 2.24) is 4.57 Å². The van der Waals surface area contributed by atoms with Crippen LogP contribution in [0.15, 0.2) is 30.3 Å². The number of amides is 1. The van der Waals surface area contributed by atoms with Crippen LogP contribution in [0.5, 0.6) is 0 Å². The zero-order chi connectivity index (χ0) is 23.0. The van der Waals surface area contributed by atoms with E-state index in [-0.39, 0.29) is 24.1 Å². The van der Waals surface area contributed by atoms with Crippen LogP contribution in [0.2, 0.25) is 0 Å². The molecule has 1 aromatic carbocycles. The van der Waals surface area contributed by atoms with Gasteiger partial charge >= 0.3 is 5.97 Å². The Morgan fingerprint density at radius 1 is 1.19 bits per heavy atom. The van der Waals surface area contributed by atoms with Crippen LogP contribution in [0.3, 0.4) is 0 Å². The molecular weight excluding hydrogens is 423 g/mol. The lowest BCUT2D eigenvalue weighted by atomic mass is 10.1. The van der Waals surface area contributed by atoms with Crippen LogP contribution in [0.25, 0.3) is 0 Å². The zero-order valence-corrected chi connectivity index (χ0v) is 18.9. The predicted octanol–water partition coefficient (Wildman–Crippen LogP) is 3.38. The van der Waals surface area contributed by atoms with Gasteiger partial charge < -0.3 is 19.4 Å². The highest BCUT2D eigenvalue weighted by Gasteiger charge is 2.21. The number of ether oxygens (including phenoxy) is 2. The number of ketones is 1. The van der Waals surface area contributed by atoms with Gasteiger partial charge in [-0.05, 0) is 51.1 Å². The summed E-state index contributed by atoms with van der Waals surface area (Å²) in [5.74, 6) is -1.55. The number of carbonyl (C=O) groups is 3. The standard InChI is InChI=1S/C22H27FN2O5S/c1-14-11-19(15(2)25(14)9-10-29-4)20(26)12-30-22(28)16(3)31-13-21(27)24-18-7-5-17(23)6-8-18/h5-8,11,16H,9-10,12-13H2,1-4H3,(H,24,27). The molecular formula is C22H27FN2O5S. The second-order valence-electron chi connectivity index (χ2n) is 6.97. The Hall–Kier alpha value is -2.65. The van der Waals surface area contributed by atoms with E-state index in [1.807, 2.05) is 18.4 Å². The van der Waals surface area contributed by atoms with Crippen molar-refractivity contribution < 1.29 is 28.2 Å². The molecule has 2 aromatic rings. The second-order valence-corrected chi connectivity index (χ2v) is 8.30. The van der Waals surface area contributed by atoms with E-state index in [4.69, 9.17) is 9.47 Å². The van der Waals surface area contributed by atoms with Gasteiger partial charge in [-0.3, -0.25) is 14.4 Å². The Balaban J connectivity index is 1.80. The molecule has 1 aromatic heterocycles. The number of anilines is 1. The van der Waals surface area contributed by atoms with Crippen LogP contribution in [0.4, 0.5) is 10.1 Å². The lowest BCUT2D eigenvalue weighted by Crippen LogP contribution is -2.24. The number of nitrogens with one attached hydrogen (secondary N) is 1. The van der Waals surface area contributed by atoms with E-state index in [2.05, 4.69) is 5.32 Å². The lowest BCUT2D eigenvalue weighted by Gasteiger charge is -2.11. The number of halogens is 1. The van der Waals surface area contributed by atoms with Crippen molar-refractivity contribution in [2.24, 2.45) is 0 Å². The first-order valence-electron chi connectivity index (χ1n) is 9.75. The van der Waals surface area contributed by atoms with Crippen LogP contribution in [-0.4, -0.2) is 53.6 Å². The Morgan fingerprint density at radius 2 is 1.87 bits per heavy atom. The Morgan fingerprint density at radius 3 is 2.52 bits per heavy atom. The number of hydrogen-bond acceptors (Lipinski definition) is 6. The number of hydrogen-bond donors (Lipinski definition) is 1. The van der Waals surface area contributed by atoms with Crippen molar-refractivity contribution in [3.05, 3.63) is 53.1 Å². The Kier molecular flexibility index (Phi) is 9.26. The van der Waals surface area contributed by atoms with Crippen LogP contribution in [0.1, 0.15) is 28.7 Å². The van der Waals surface area contributed by atoms with Gasteiger partial charge in [0.1, 0.15) is 11.1 Å². The molecule has 0 aliphatic carbocycles. The number of carbonyl (C=O) groups excluding carboxylic acids is 3. The molecule has 1 N–H and O–H groups in total. The fraction of sp³-hybridized carbons (Fsp3) is 0.409. The molecule has 168 valence electrons. The quantitative estimate of drug-likeness (QED) is 0.417. The smallest absolute Gasteiger partial charge is 0.319 e. The molecule has 0 aliphatic heterocycles. The molecule has 0 aliphatic rings. The van der Waals surface area contributed by atoms with E-state index in [0.717, 1.165) is 23.1 Å². The molecule has 1 heterocycles. The van der Waals surface area contributed by atoms with E-state index in [9.17, 15) is 18.8 Å². The van der Waals surface area contributed by atoms with Gasteiger partial charge in [-0.2, -0.15) is 0 Å². The predicted molar refractivity (Wildman–Crippen MR) is 118 cm³/mol. The minimum absolute atomic E-state index is 0.0161. The van der Waals surface area contributed by atoms with E-state index in [1.165, 1.54) is 24.3 Å². The summed E-state index contributed by atoms with van der Waals surface area (Å²) in [5.41, 5.74) is 2.71. The topological polar surface area (TPSA) is 86.6 Å². The number of rotatable bonds is 11. The summed E-state index contributed by atoms with van der Waals surface area (Å²) in [5, 5.41) is 2.00. The van der Waals surface area contributed by atoms with Gasteiger partial charge in [0.05, 0.1) is 12.4 Å². The van der Waals surface area contributed by atoms with Crippen LogP contribution >= 0.6 is 11.8 Å². The van der Waals surface area contributed by atoms with Crippen molar-refractivity contribution in [1.29, 1.82) is 0 Å². The molecule has 1 unspecified atom stereocenters. The average Bonchev–Trinajstić information content (AvgIpc) is 3.03. The molecule has 0 spiro atoms. The van der Waals surface area contributed by atoms with Crippen molar-refractivity contribution in [2.75, 3.05) is 31.4 Å². The molecule has 31 heavy (non-hydrogen) atoms. The van der Waals surface area contributed by atoms with E-state index in [1.54, 1.807) is 20.1 Å². The summed E-state index contributed by atoms with van der Waals surface area (Å²) in [6.45, 7) is 6.16. The summed E-state index contributed by atoms with van der Waals surface area (Å²) in [6, 6.07) is 7.17. The normalized spacial score (nSPS) is 11.8. The molecule has 0 saturated carbocycles. The molecule has 0 radical (unpaired) electrons. The monoisotopic (exact) mass is 450 g/mol. The SMILES string of the molecule is COCCn1c(C)cc(C(=O)COC(=O)C(C)SCC(=O)Nc2ccc(F)cc2)c1C. The highest BCUT2D eigenvalue weighted by Crippen LogP contribution is 2.17.